The Bertz CT molecular complexity index is 1050. The molecule has 136 valence electrons. The summed E-state index contributed by atoms with van der Waals surface area (Å²) in [6.07, 6.45) is 4.73. The molecule has 0 spiro atoms. The number of carbonyl (C=O) groups is 1. The summed E-state index contributed by atoms with van der Waals surface area (Å²) in [5.74, 6) is -0.469. The molecule has 2 N–H and O–H groups in total. The van der Waals surface area contributed by atoms with Crippen molar-refractivity contribution in [1.29, 1.82) is 0 Å². The van der Waals surface area contributed by atoms with E-state index in [1.807, 2.05) is 31.2 Å². The summed E-state index contributed by atoms with van der Waals surface area (Å²) < 4.78 is 0. The summed E-state index contributed by atoms with van der Waals surface area (Å²) in [5.41, 5.74) is 7.35. The second kappa shape index (κ2) is 7.23. The highest BCUT2D eigenvalue weighted by atomic mass is 16.3. The lowest BCUT2D eigenvalue weighted by Crippen LogP contribution is -2.19. The number of phenols is 1. The van der Waals surface area contributed by atoms with Crippen molar-refractivity contribution in [3.63, 3.8) is 0 Å². The predicted octanol–water partition coefficient (Wildman–Crippen LogP) is 4.58. The van der Waals surface area contributed by atoms with Gasteiger partial charge in [-0.3, -0.25) is 4.79 Å². The SMILES string of the molecule is C/C(=N\NC(=O)c1cc2ccccc2cc1O)c1ccc2c(c1)CCCC2. The molecule has 0 bridgehead atoms. The summed E-state index contributed by atoms with van der Waals surface area (Å²) in [5, 5.41) is 16.2. The highest BCUT2D eigenvalue weighted by Gasteiger charge is 2.13. The highest BCUT2D eigenvalue weighted by molar-refractivity contribution is 6.03. The molecule has 1 aliphatic rings. The monoisotopic (exact) mass is 358 g/mol. The minimum atomic E-state index is -0.421. The van der Waals surface area contributed by atoms with E-state index in [9.17, 15) is 9.90 Å². The van der Waals surface area contributed by atoms with Gasteiger partial charge in [-0.1, -0.05) is 36.4 Å². The first kappa shape index (κ1) is 17.3. The second-order valence-electron chi connectivity index (χ2n) is 7.05. The maximum Gasteiger partial charge on any atom is 0.275 e. The molecule has 0 saturated heterocycles. The van der Waals surface area contributed by atoms with Crippen LogP contribution in [-0.4, -0.2) is 16.7 Å². The zero-order valence-electron chi connectivity index (χ0n) is 15.3. The summed E-state index contributed by atoms with van der Waals surface area (Å²) in [4.78, 5) is 12.5. The number of hydrogen-bond acceptors (Lipinski definition) is 3. The number of nitrogens with zero attached hydrogens (tertiary/aromatic N) is 1. The summed E-state index contributed by atoms with van der Waals surface area (Å²) in [6.45, 7) is 1.88. The molecular formula is C23H22N2O2. The number of carbonyl (C=O) groups excluding carboxylic acids is 1. The van der Waals surface area contributed by atoms with Crippen LogP contribution in [0.4, 0.5) is 0 Å². The number of rotatable bonds is 3. The number of fused-ring (bicyclic) bond motifs is 2. The van der Waals surface area contributed by atoms with E-state index in [4.69, 9.17) is 0 Å². The van der Waals surface area contributed by atoms with Gasteiger partial charge in [-0.15, -0.1) is 0 Å². The molecule has 0 saturated carbocycles. The van der Waals surface area contributed by atoms with E-state index < -0.39 is 5.91 Å². The van der Waals surface area contributed by atoms with Crippen LogP contribution in [0.3, 0.4) is 0 Å². The van der Waals surface area contributed by atoms with Gasteiger partial charge in [-0.25, -0.2) is 5.43 Å². The van der Waals surface area contributed by atoms with Crippen molar-refractivity contribution in [2.45, 2.75) is 32.6 Å². The maximum absolute atomic E-state index is 12.5. The number of aryl methyl sites for hydroxylation is 2. The molecule has 4 rings (SSSR count). The topological polar surface area (TPSA) is 61.7 Å². The number of benzene rings is 3. The largest absolute Gasteiger partial charge is 0.507 e. The molecule has 0 aliphatic heterocycles. The van der Waals surface area contributed by atoms with Gasteiger partial charge in [0, 0.05) is 0 Å². The van der Waals surface area contributed by atoms with Crippen LogP contribution >= 0.6 is 0 Å². The molecule has 1 aliphatic carbocycles. The first-order chi connectivity index (χ1) is 13.1. The Morgan fingerprint density at radius 3 is 2.44 bits per heavy atom. The van der Waals surface area contributed by atoms with Crippen LogP contribution in [0.1, 0.15) is 46.8 Å². The zero-order chi connectivity index (χ0) is 18.8. The van der Waals surface area contributed by atoms with Crippen LogP contribution in [0.2, 0.25) is 0 Å². The van der Waals surface area contributed by atoms with Gasteiger partial charge < -0.3 is 5.11 Å². The normalized spacial score (nSPS) is 14.0. The number of nitrogens with one attached hydrogen (secondary N) is 1. The molecule has 1 amide bonds. The molecule has 4 heteroatoms. The fourth-order valence-corrected chi connectivity index (χ4v) is 3.63. The third kappa shape index (κ3) is 3.56. The van der Waals surface area contributed by atoms with Gasteiger partial charge in [0.1, 0.15) is 5.75 Å². The Labute approximate surface area is 158 Å². The van der Waals surface area contributed by atoms with Crippen LogP contribution in [-0.2, 0) is 12.8 Å². The fourth-order valence-electron chi connectivity index (χ4n) is 3.63. The molecule has 3 aromatic carbocycles. The van der Waals surface area contributed by atoms with Crippen molar-refractivity contribution in [2.75, 3.05) is 0 Å². The number of amides is 1. The maximum atomic E-state index is 12.5. The van der Waals surface area contributed by atoms with E-state index >= 15 is 0 Å². The van der Waals surface area contributed by atoms with Crippen LogP contribution < -0.4 is 5.43 Å². The average molecular weight is 358 g/mol. The Morgan fingerprint density at radius 1 is 0.963 bits per heavy atom. The van der Waals surface area contributed by atoms with Crippen LogP contribution in [0.25, 0.3) is 10.8 Å². The first-order valence-corrected chi connectivity index (χ1v) is 9.30. The molecule has 0 heterocycles. The Hall–Kier alpha value is -3.14. The standard InChI is InChI=1S/C23H22N2O2/c1-15(17-11-10-16-6-2-3-7-18(16)12-17)24-25-23(27)21-13-19-8-4-5-9-20(19)14-22(21)26/h4-5,8-14,26H,2-3,6-7H2,1H3,(H,25,27)/b24-15+. The minimum Gasteiger partial charge on any atom is -0.507 e. The van der Waals surface area contributed by atoms with E-state index in [1.54, 1.807) is 12.1 Å². The number of hydrogen-bond donors (Lipinski definition) is 2. The average Bonchev–Trinajstić information content (AvgIpc) is 2.70. The van der Waals surface area contributed by atoms with Crippen molar-refractivity contribution in [3.8, 4) is 5.75 Å². The first-order valence-electron chi connectivity index (χ1n) is 9.30. The van der Waals surface area contributed by atoms with Gasteiger partial charge in [0.15, 0.2) is 0 Å². The molecule has 4 nitrogen and oxygen atoms in total. The minimum absolute atomic E-state index is 0.0483. The van der Waals surface area contributed by atoms with Gasteiger partial charge in [0.25, 0.3) is 5.91 Å². The summed E-state index contributed by atoms with van der Waals surface area (Å²) in [7, 11) is 0. The van der Waals surface area contributed by atoms with E-state index in [0.29, 0.717) is 0 Å². The van der Waals surface area contributed by atoms with Gasteiger partial charge in [-0.05, 0) is 78.3 Å². The lowest BCUT2D eigenvalue weighted by Gasteiger charge is -2.16. The van der Waals surface area contributed by atoms with E-state index in [0.717, 1.165) is 34.9 Å². The molecule has 0 fully saturated rings. The molecule has 0 unspecified atom stereocenters. The molecular weight excluding hydrogens is 336 g/mol. The molecule has 3 aromatic rings. The number of phenolic OH excluding ortho intramolecular Hbond substituents is 1. The zero-order valence-corrected chi connectivity index (χ0v) is 15.3. The molecule has 0 atom stereocenters. The van der Waals surface area contributed by atoms with Gasteiger partial charge in [-0.2, -0.15) is 5.10 Å². The van der Waals surface area contributed by atoms with E-state index in [1.165, 1.54) is 24.0 Å². The van der Waals surface area contributed by atoms with Crippen molar-refractivity contribution in [2.24, 2.45) is 5.10 Å². The third-order valence-corrected chi connectivity index (χ3v) is 5.20. The van der Waals surface area contributed by atoms with Crippen LogP contribution in [0.5, 0.6) is 5.75 Å². The van der Waals surface area contributed by atoms with Crippen molar-refractivity contribution < 1.29 is 9.90 Å². The lowest BCUT2D eigenvalue weighted by molar-refractivity contribution is 0.0952. The van der Waals surface area contributed by atoms with Crippen LogP contribution in [0, 0.1) is 0 Å². The van der Waals surface area contributed by atoms with Gasteiger partial charge in [0.2, 0.25) is 0 Å². The fraction of sp³-hybridized carbons (Fsp3) is 0.217. The number of hydrazone groups is 1. The van der Waals surface area contributed by atoms with Gasteiger partial charge >= 0.3 is 0 Å². The third-order valence-electron chi connectivity index (χ3n) is 5.20. The smallest absolute Gasteiger partial charge is 0.275 e. The Kier molecular flexibility index (Phi) is 4.63. The Balaban J connectivity index is 1.55. The van der Waals surface area contributed by atoms with E-state index in [-0.39, 0.29) is 11.3 Å². The number of aromatic hydroxyl groups is 1. The van der Waals surface area contributed by atoms with Crippen molar-refractivity contribution in [1.82, 2.24) is 5.43 Å². The molecule has 0 radical (unpaired) electrons. The van der Waals surface area contributed by atoms with Crippen molar-refractivity contribution >= 4 is 22.4 Å². The molecule has 0 aromatic heterocycles. The summed E-state index contributed by atoms with van der Waals surface area (Å²) >= 11 is 0. The van der Waals surface area contributed by atoms with E-state index in [2.05, 4.69) is 28.7 Å². The van der Waals surface area contributed by atoms with Gasteiger partial charge in [0.05, 0.1) is 11.3 Å². The quantitative estimate of drug-likeness (QED) is 0.532. The van der Waals surface area contributed by atoms with Crippen molar-refractivity contribution in [3.05, 3.63) is 76.9 Å². The Morgan fingerprint density at radius 2 is 1.67 bits per heavy atom. The lowest BCUT2D eigenvalue weighted by atomic mass is 9.90. The highest BCUT2D eigenvalue weighted by Crippen LogP contribution is 2.25. The predicted molar refractivity (Wildman–Crippen MR) is 108 cm³/mol. The molecule has 27 heavy (non-hydrogen) atoms. The second-order valence-corrected chi connectivity index (χ2v) is 7.05. The van der Waals surface area contributed by atoms with Crippen LogP contribution in [0.15, 0.2) is 59.7 Å². The summed E-state index contributed by atoms with van der Waals surface area (Å²) in [6, 6.07) is 17.3.